The molecule has 11 nitrogen and oxygen atoms in total. The zero-order valence-corrected chi connectivity index (χ0v) is 30.5. The first-order chi connectivity index (χ1) is 24.1. The van der Waals surface area contributed by atoms with Gasteiger partial charge < -0.3 is 39.2 Å². The first-order valence-corrected chi connectivity index (χ1v) is 18.0. The third kappa shape index (κ3) is 14.8. The summed E-state index contributed by atoms with van der Waals surface area (Å²) in [4.78, 5) is 38.8. The largest absolute Gasteiger partial charge is 0.481 e. The van der Waals surface area contributed by atoms with Crippen LogP contribution in [0.1, 0.15) is 103 Å². The number of hydrogen-bond acceptors (Lipinski definition) is 9. The van der Waals surface area contributed by atoms with E-state index in [-0.39, 0.29) is 26.1 Å². The van der Waals surface area contributed by atoms with Crippen LogP contribution in [0.3, 0.4) is 0 Å². The van der Waals surface area contributed by atoms with Crippen molar-refractivity contribution in [3.63, 3.8) is 0 Å². The number of nitrogens with one attached hydrogen (secondary N) is 1. The molecule has 0 aliphatic carbocycles. The van der Waals surface area contributed by atoms with Crippen LogP contribution in [0.2, 0.25) is 0 Å². The number of esters is 1. The summed E-state index contributed by atoms with van der Waals surface area (Å²) in [6.45, 7) is 5.36. The van der Waals surface area contributed by atoms with Crippen molar-refractivity contribution in [2.24, 2.45) is 5.92 Å². The highest BCUT2D eigenvalue weighted by atomic mass is 16.7. The van der Waals surface area contributed by atoms with E-state index in [1.54, 1.807) is 37.3 Å². The molecule has 2 unspecified atom stereocenters. The Labute approximate surface area is 298 Å². The van der Waals surface area contributed by atoms with Gasteiger partial charge in [0.05, 0.1) is 26.2 Å². The van der Waals surface area contributed by atoms with Gasteiger partial charge in [-0.05, 0) is 50.3 Å². The molecule has 0 saturated carbocycles. The molecular weight excluding hydrogens is 642 g/mol. The smallest absolute Gasteiger partial charge is 0.336 e. The molecule has 0 radical (unpaired) electrons. The quantitative estimate of drug-likeness (QED) is 0.0471. The first kappa shape index (κ1) is 42.7. The van der Waals surface area contributed by atoms with Crippen molar-refractivity contribution in [3.8, 4) is 17.6 Å². The summed E-state index contributed by atoms with van der Waals surface area (Å²) < 4.78 is 27.6. The average Bonchev–Trinajstić information content (AvgIpc) is 3.58. The minimum atomic E-state index is -2.47. The van der Waals surface area contributed by atoms with Crippen molar-refractivity contribution < 1.29 is 48.3 Å². The van der Waals surface area contributed by atoms with Gasteiger partial charge in [0.25, 0.3) is 0 Å². The van der Waals surface area contributed by atoms with Gasteiger partial charge in [-0.3, -0.25) is 4.79 Å². The van der Waals surface area contributed by atoms with Crippen LogP contribution in [0, 0.1) is 17.8 Å². The van der Waals surface area contributed by atoms with Crippen molar-refractivity contribution in [2.75, 3.05) is 40.6 Å². The molecular formula is C39H59NO10. The van der Waals surface area contributed by atoms with Crippen molar-refractivity contribution in [2.45, 2.75) is 121 Å². The van der Waals surface area contributed by atoms with Crippen LogP contribution < -0.4 is 10.1 Å². The Bertz CT molecular complexity index is 1230. The van der Waals surface area contributed by atoms with E-state index in [1.807, 2.05) is 0 Å². The molecule has 0 spiro atoms. The third-order valence-electron chi connectivity index (χ3n) is 8.99. The summed E-state index contributed by atoms with van der Waals surface area (Å²) in [6, 6.07) is 5.83. The molecule has 280 valence electrons. The Morgan fingerprint density at radius 1 is 1.00 bits per heavy atom. The van der Waals surface area contributed by atoms with Crippen LogP contribution >= 0.6 is 0 Å². The second-order valence-corrected chi connectivity index (χ2v) is 12.8. The molecule has 1 aromatic rings. The molecule has 1 aliphatic heterocycles. The molecule has 50 heavy (non-hydrogen) atoms. The highest BCUT2D eigenvalue weighted by Crippen LogP contribution is 2.32. The maximum absolute atomic E-state index is 13.7. The number of carbonyl (C=O) groups excluding carboxylic acids is 2. The molecule has 0 bridgehead atoms. The van der Waals surface area contributed by atoms with Crippen LogP contribution in [0.5, 0.6) is 5.75 Å². The Morgan fingerprint density at radius 2 is 1.64 bits per heavy atom. The maximum Gasteiger partial charge on any atom is 0.336 e. The van der Waals surface area contributed by atoms with E-state index in [2.05, 4.69) is 24.1 Å². The van der Waals surface area contributed by atoms with E-state index in [0.29, 0.717) is 30.9 Å². The van der Waals surface area contributed by atoms with Crippen molar-refractivity contribution in [1.29, 1.82) is 0 Å². The maximum atomic E-state index is 13.7. The summed E-state index contributed by atoms with van der Waals surface area (Å²) in [5, 5.41) is 24.0. The van der Waals surface area contributed by atoms with Crippen LogP contribution in [-0.2, 0) is 39.8 Å². The van der Waals surface area contributed by atoms with Crippen LogP contribution in [0.15, 0.2) is 36.4 Å². The fourth-order valence-electron chi connectivity index (χ4n) is 6.01. The Kier molecular flexibility index (Phi) is 20.4. The molecule has 3 atom stereocenters. The summed E-state index contributed by atoms with van der Waals surface area (Å²) in [5.74, 6) is 1.13. The number of allylic oxidation sites excluding steroid dienone is 1. The number of carboxylic acids is 1. The molecule has 1 amide bonds. The van der Waals surface area contributed by atoms with E-state index in [1.165, 1.54) is 46.0 Å². The second kappa shape index (κ2) is 23.9. The van der Waals surface area contributed by atoms with Gasteiger partial charge >= 0.3 is 11.9 Å². The zero-order valence-electron chi connectivity index (χ0n) is 30.5. The Morgan fingerprint density at radius 3 is 2.22 bits per heavy atom. The molecule has 1 aliphatic rings. The highest BCUT2D eigenvalue weighted by molar-refractivity contribution is 5.92. The molecule has 2 rings (SSSR count). The van der Waals surface area contributed by atoms with Gasteiger partial charge in [0, 0.05) is 39.4 Å². The standard InChI is InChI=1S/C39H59NO10/c1-5-7-9-13-16-23-38(49-28-29-50-38)24-17-14-11-10-12-15-18-33(39(45,37(43)44)25-27-46-3)35(41)40-34(36(42)47-4)30-31-19-21-32(22-20-31)48-26-8-6-2/h15,18-22,33-34,45H,5,7,9-14,16-17,23-30H2,1-4H3,(H,40,41)(H,43,44)/b18-15+/t33?,34-,39?/m0/s1. The molecule has 3 N–H and O–H groups in total. The summed E-state index contributed by atoms with van der Waals surface area (Å²) in [5.41, 5.74) is -1.76. The minimum absolute atomic E-state index is 0.0731. The number of aliphatic carboxylic acids is 1. The number of rotatable bonds is 26. The number of carbonyl (C=O) groups is 3. The van der Waals surface area contributed by atoms with E-state index >= 15 is 0 Å². The topological polar surface area (TPSA) is 150 Å². The summed E-state index contributed by atoms with van der Waals surface area (Å²) >= 11 is 0. The van der Waals surface area contributed by atoms with Gasteiger partial charge in [0.2, 0.25) is 5.91 Å². The predicted octanol–water partition coefficient (Wildman–Crippen LogP) is 5.76. The number of amides is 1. The van der Waals surface area contributed by atoms with E-state index in [9.17, 15) is 24.6 Å². The van der Waals surface area contributed by atoms with E-state index in [4.69, 9.17) is 23.7 Å². The lowest BCUT2D eigenvalue weighted by Crippen LogP contribution is -2.55. The number of aliphatic hydroxyl groups is 1. The number of ether oxygens (including phenoxy) is 5. The summed E-state index contributed by atoms with van der Waals surface area (Å²) in [7, 11) is 2.59. The van der Waals surface area contributed by atoms with Crippen LogP contribution in [0.4, 0.5) is 0 Å². The fourth-order valence-corrected chi connectivity index (χ4v) is 6.01. The van der Waals surface area contributed by atoms with Gasteiger partial charge in [-0.25, -0.2) is 9.59 Å². The Hall–Kier alpha value is -3.43. The minimum Gasteiger partial charge on any atom is -0.481 e. The molecule has 1 fully saturated rings. The number of hydrogen-bond donors (Lipinski definition) is 3. The van der Waals surface area contributed by atoms with Gasteiger partial charge in [-0.2, -0.15) is 0 Å². The van der Waals surface area contributed by atoms with Crippen LogP contribution in [-0.4, -0.2) is 86.1 Å². The third-order valence-corrected chi connectivity index (χ3v) is 8.99. The lowest BCUT2D eigenvalue weighted by molar-refractivity contribution is -0.169. The molecule has 1 aromatic carbocycles. The molecule has 0 aromatic heterocycles. The van der Waals surface area contributed by atoms with Gasteiger partial charge in [-0.15, -0.1) is 5.92 Å². The average molecular weight is 702 g/mol. The zero-order chi connectivity index (χ0) is 36.7. The predicted molar refractivity (Wildman–Crippen MR) is 190 cm³/mol. The van der Waals surface area contributed by atoms with Crippen LogP contribution in [0.25, 0.3) is 0 Å². The summed E-state index contributed by atoms with van der Waals surface area (Å²) in [6.07, 6.45) is 15.0. The number of unbranched alkanes of at least 4 members (excludes halogenated alkanes) is 8. The lowest BCUT2D eigenvalue weighted by atomic mass is 9.83. The number of methoxy groups -OCH3 is 2. The normalized spacial score (nSPS) is 16.2. The van der Waals surface area contributed by atoms with Gasteiger partial charge in [0.1, 0.15) is 18.4 Å². The highest BCUT2D eigenvalue weighted by Gasteiger charge is 2.47. The SMILES string of the molecule is CC#CCOc1ccc(C[C@H](NC(=O)C(/C=C/CCCCCCC2(CCCCCCC)OCCO2)C(O)(CCOC)C(=O)O)C(=O)OC)cc1. The number of carboxylic acid groups (broad SMARTS) is 1. The van der Waals surface area contributed by atoms with Crippen molar-refractivity contribution in [3.05, 3.63) is 42.0 Å². The van der Waals surface area contributed by atoms with E-state index < -0.39 is 41.2 Å². The first-order valence-electron chi connectivity index (χ1n) is 18.0. The van der Waals surface area contributed by atoms with Crippen molar-refractivity contribution in [1.82, 2.24) is 5.32 Å². The van der Waals surface area contributed by atoms with E-state index in [0.717, 1.165) is 44.9 Å². The monoisotopic (exact) mass is 701 g/mol. The fraction of sp³-hybridized carbons (Fsp3) is 0.667. The van der Waals surface area contributed by atoms with Gasteiger partial charge in [0.15, 0.2) is 11.4 Å². The molecule has 11 heteroatoms. The Balaban J connectivity index is 2.03. The molecule has 1 saturated heterocycles. The van der Waals surface area contributed by atoms with Gasteiger partial charge in [-0.1, -0.05) is 75.7 Å². The molecule has 1 heterocycles. The number of benzene rings is 1. The lowest BCUT2D eigenvalue weighted by Gasteiger charge is -2.30. The van der Waals surface area contributed by atoms with Crippen molar-refractivity contribution >= 4 is 17.8 Å². The second-order valence-electron chi connectivity index (χ2n) is 12.8.